The fourth-order valence-corrected chi connectivity index (χ4v) is 4.31. The van der Waals surface area contributed by atoms with Crippen molar-refractivity contribution in [3.8, 4) is 0 Å². The highest BCUT2D eigenvalue weighted by atomic mass is 35.5. The van der Waals surface area contributed by atoms with E-state index >= 15 is 0 Å². The van der Waals surface area contributed by atoms with Gasteiger partial charge in [0, 0.05) is 62.1 Å². The van der Waals surface area contributed by atoms with Gasteiger partial charge in [-0.15, -0.1) is 0 Å². The first-order valence-corrected chi connectivity index (χ1v) is 10.9. The molecule has 2 aromatic carbocycles. The molecule has 0 bridgehead atoms. The lowest BCUT2D eigenvalue weighted by atomic mass is 10.1. The zero-order valence-electron chi connectivity index (χ0n) is 17.3. The molecule has 2 heterocycles. The number of halogens is 2. The molecule has 164 valence electrons. The van der Waals surface area contributed by atoms with Crippen LogP contribution in [-0.4, -0.2) is 66.9 Å². The number of rotatable bonds is 5. The molecule has 2 amide bonds. The Kier molecular flexibility index (Phi) is 6.73. The number of carbonyl (C=O) groups is 2. The third-order valence-electron chi connectivity index (χ3n) is 5.97. The van der Waals surface area contributed by atoms with Crippen molar-refractivity contribution in [3.63, 3.8) is 0 Å². The number of carbonyl (C=O) groups excluding carboxylic acids is 2. The fraction of sp³-hybridized carbons (Fsp3) is 0.391. The van der Waals surface area contributed by atoms with Crippen LogP contribution >= 0.6 is 11.6 Å². The standard InChI is InChI=1S/C23H26ClFN4O2/c24-18-5-7-19(8-6-18)27-11-13-28(14-12-27)22(30)15-21-23(31)26-9-10-29(21)16-17-3-1-2-4-20(17)25/h1-8,21H,9-16H2,(H,26,31). The number of nitrogens with one attached hydrogen (secondary N) is 1. The number of benzene rings is 2. The van der Waals surface area contributed by atoms with Crippen molar-refractivity contribution in [1.29, 1.82) is 0 Å². The van der Waals surface area contributed by atoms with Crippen LogP contribution in [0.5, 0.6) is 0 Å². The maximum atomic E-state index is 14.1. The van der Waals surface area contributed by atoms with Crippen molar-refractivity contribution < 1.29 is 14.0 Å². The van der Waals surface area contributed by atoms with Crippen LogP contribution in [0, 0.1) is 5.82 Å². The van der Waals surface area contributed by atoms with Crippen LogP contribution in [0.1, 0.15) is 12.0 Å². The first kappa shape index (κ1) is 21.6. The molecule has 0 aliphatic carbocycles. The number of hydrogen-bond donors (Lipinski definition) is 1. The molecule has 2 aliphatic rings. The van der Waals surface area contributed by atoms with E-state index in [2.05, 4.69) is 10.2 Å². The number of piperazine rings is 2. The average Bonchev–Trinajstić information content (AvgIpc) is 2.78. The van der Waals surface area contributed by atoms with E-state index < -0.39 is 6.04 Å². The molecule has 1 unspecified atom stereocenters. The Balaban J connectivity index is 1.36. The molecule has 1 N–H and O–H groups in total. The number of amides is 2. The minimum Gasteiger partial charge on any atom is -0.368 e. The second-order valence-electron chi connectivity index (χ2n) is 7.92. The summed E-state index contributed by atoms with van der Waals surface area (Å²) in [4.78, 5) is 31.4. The summed E-state index contributed by atoms with van der Waals surface area (Å²) in [5.74, 6) is -0.510. The zero-order chi connectivity index (χ0) is 21.8. The zero-order valence-corrected chi connectivity index (χ0v) is 18.0. The van der Waals surface area contributed by atoms with E-state index in [-0.39, 0.29) is 24.1 Å². The van der Waals surface area contributed by atoms with E-state index in [0.717, 1.165) is 18.8 Å². The molecule has 0 aromatic heterocycles. The molecule has 8 heteroatoms. The van der Waals surface area contributed by atoms with E-state index in [9.17, 15) is 14.0 Å². The van der Waals surface area contributed by atoms with Crippen LogP contribution in [0.15, 0.2) is 48.5 Å². The summed E-state index contributed by atoms with van der Waals surface area (Å²) in [6.07, 6.45) is 0.0984. The Morgan fingerprint density at radius 3 is 2.45 bits per heavy atom. The Hall–Kier alpha value is -2.64. The number of nitrogens with zero attached hydrogens (tertiary/aromatic N) is 3. The molecule has 2 saturated heterocycles. The summed E-state index contributed by atoms with van der Waals surface area (Å²) in [5.41, 5.74) is 1.62. The minimum atomic E-state index is -0.588. The lowest BCUT2D eigenvalue weighted by molar-refractivity contribution is -0.139. The van der Waals surface area contributed by atoms with Crippen LogP contribution in [0.25, 0.3) is 0 Å². The van der Waals surface area contributed by atoms with Crippen LogP contribution in [0.3, 0.4) is 0 Å². The molecule has 1 atom stereocenters. The molecule has 0 spiro atoms. The lowest BCUT2D eigenvalue weighted by Crippen LogP contribution is -2.57. The van der Waals surface area contributed by atoms with Crippen molar-refractivity contribution in [3.05, 3.63) is 64.9 Å². The van der Waals surface area contributed by atoms with E-state index in [1.807, 2.05) is 34.1 Å². The van der Waals surface area contributed by atoms with Crippen molar-refractivity contribution in [1.82, 2.24) is 15.1 Å². The Labute approximate surface area is 186 Å². The molecular formula is C23H26ClFN4O2. The molecule has 4 rings (SSSR count). The minimum absolute atomic E-state index is 0.0451. The molecule has 0 radical (unpaired) electrons. The Morgan fingerprint density at radius 2 is 1.74 bits per heavy atom. The van der Waals surface area contributed by atoms with Gasteiger partial charge in [0.25, 0.3) is 0 Å². The maximum Gasteiger partial charge on any atom is 0.237 e. The average molecular weight is 445 g/mol. The number of anilines is 1. The highest BCUT2D eigenvalue weighted by molar-refractivity contribution is 6.30. The summed E-state index contributed by atoms with van der Waals surface area (Å²) in [6.45, 7) is 4.04. The largest absolute Gasteiger partial charge is 0.368 e. The van der Waals surface area contributed by atoms with Gasteiger partial charge in [-0.3, -0.25) is 14.5 Å². The second-order valence-corrected chi connectivity index (χ2v) is 8.35. The van der Waals surface area contributed by atoms with Crippen molar-refractivity contribution in [2.75, 3.05) is 44.2 Å². The molecule has 31 heavy (non-hydrogen) atoms. The van der Waals surface area contributed by atoms with Gasteiger partial charge < -0.3 is 15.1 Å². The van der Waals surface area contributed by atoms with Crippen LogP contribution in [0.4, 0.5) is 10.1 Å². The third kappa shape index (κ3) is 5.17. The summed E-state index contributed by atoms with van der Waals surface area (Å²) >= 11 is 5.96. The fourth-order valence-electron chi connectivity index (χ4n) is 4.18. The van der Waals surface area contributed by atoms with Crippen molar-refractivity contribution in [2.24, 2.45) is 0 Å². The SMILES string of the molecule is O=C1NCCN(Cc2ccccc2F)C1CC(=O)N1CCN(c2ccc(Cl)cc2)CC1. The summed E-state index contributed by atoms with van der Waals surface area (Å²) < 4.78 is 14.1. The molecule has 2 aliphatic heterocycles. The van der Waals surface area contributed by atoms with Gasteiger partial charge in [0.15, 0.2) is 0 Å². The van der Waals surface area contributed by atoms with E-state index in [0.29, 0.717) is 43.3 Å². The first-order chi connectivity index (χ1) is 15.0. The molecule has 2 aromatic rings. The molecule has 6 nitrogen and oxygen atoms in total. The topological polar surface area (TPSA) is 55.9 Å². The van der Waals surface area contributed by atoms with E-state index in [1.165, 1.54) is 6.07 Å². The van der Waals surface area contributed by atoms with E-state index in [4.69, 9.17) is 11.6 Å². The Bertz CT molecular complexity index is 931. The third-order valence-corrected chi connectivity index (χ3v) is 6.22. The lowest BCUT2D eigenvalue weighted by Gasteiger charge is -2.39. The van der Waals surface area contributed by atoms with Crippen LogP contribution in [0.2, 0.25) is 5.02 Å². The molecular weight excluding hydrogens is 419 g/mol. The van der Waals surface area contributed by atoms with Gasteiger partial charge in [-0.25, -0.2) is 4.39 Å². The van der Waals surface area contributed by atoms with Gasteiger partial charge in [-0.1, -0.05) is 29.8 Å². The normalized spacial score (nSPS) is 19.9. The second kappa shape index (κ2) is 9.66. The molecule has 0 saturated carbocycles. The quantitative estimate of drug-likeness (QED) is 0.770. The van der Waals surface area contributed by atoms with Gasteiger partial charge in [-0.2, -0.15) is 0 Å². The van der Waals surface area contributed by atoms with Crippen molar-refractivity contribution >= 4 is 29.1 Å². The van der Waals surface area contributed by atoms with Gasteiger partial charge in [0.2, 0.25) is 11.8 Å². The van der Waals surface area contributed by atoms with Gasteiger partial charge in [0.1, 0.15) is 5.82 Å². The van der Waals surface area contributed by atoms with E-state index in [1.54, 1.807) is 18.2 Å². The highest BCUT2D eigenvalue weighted by Gasteiger charge is 2.34. The van der Waals surface area contributed by atoms with Crippen LogP contribution < -0.4 is 10.2 Å². The Morgan fingerprint density at radius 1 is 1.03 bits per heavy atom. The van der Waals surface area contributed by atoms with Gasteiger partial charge in [0.05, 0.1) is 12.5 Å². The monoisotopic (exact) mass is 444 g/mol. The summed E-state index contributed by atoms with van der Waals surface area (Å²) in [5, 5.41) is 3.54. The first-order valence-electron chi connectivity index (χ1n) is 10.5. The smallest absolute Gasteiger partial charge is 0.237 e. The summed E-state index contributed by atoms with van der Waals surface area (Å²) in [6, 6.07) is 13.7. The van der Waals surface area contributed by atoms with Gasteiger partial charge >= 0.3 is 0 Å². The van der Waals surface area contributed by atoms with Gasteiger partial charge in [-0.05, 0) is 30.3 Å². The highest BCUT2D eigenvalue weighted by Crippen LogP contribution is 2.21. The van der Waals surface area contributed by atoms with Crippen LogP contribution in [-0.2, 0) is 16.1 Å². The predicted octanol–water partition coefficient (Wildman–Crippen LogP) is 2.52. The maximum absolute atomic E-state index is 14.1. The predicted molar refractivity (Wildman–Crippen MR) is 118 cm³/mol. The number of hydrogen-bond acceptors (Lipinski definition) is 4. The van der Waals surface area contributed by atoms with Crippen molar-refractivity contribution in [2.45, 2.75) is 19.0 Å². The molecule has 2 fully saturated rings. The summed E-state index contributed by atoms with van der Waals surface area (Å²) in [7, 11) is 0.